The summed E-state index contributed by atoms with van der Waals surface area (Å²) in [6, 6.07) is 4.55. The summed E-state index contributed by atoms with van der Waals surface area (Å²) in [5.74, 6) is 0. The number of nitrogens with two attached hydrogens (primary N) is 1. The van der Waals surface area contributed by atoms with Crippen LogP contribution in [-0.4, -0.2) is 9.78 Å². The molecule has 0 aliphatic rings. The highest BCUT2D eigenvalue weighted by molar-refractivity contribution is 5.50. The van der Waals surface area contributed by atoms with E-state index in [0.29, 0.717) is 21.5 Å². The fraction of sp³-hybridized carbons (Fsp3) is 0.308. The standard InChI is InChI=1S/C13H11F6N3/c1-7-8(3-2-4-9(7)20)6-22-11(13(17,18)19)5-10(21-22)12(14,15)16/h2-5H,6,20H2,1H3. The molecule has 0 aliphatic heterocycles. The van der Waals surface area contributed by atoms with Crippen LogP contribution in [0.4, 0.5) is 32.0 Å². The topological polar surface area (TPSA) is 43.8 Å². The van der Waals surface area contributed by atoms with Crippen LogP contribution in [0, 0.1) is 6.92 Å². The van der Waals surface area contributed by atoms with E-state index in [-0.39, 0.29) is 6.07 Å². The first-order chi connectivity index (χ1) is 10.00. The molecule has 0 unspecified atom stereocenters. The van der Waals surface area contributed by atoms with Crippen LogP contribution >= 0.6 is 0 Å². The molecular weight excluding hydrogens is 312 g/mol. The summed E-state index contributed by atoms with van der Waals surface area (Å²) in [5, 5.41) is 3.04. The van der Waals surface area contributed by atoms with Gasteiger partial charge in [0, 0.05) is 11.8 Å². The molecule has 22 heavy (non-hydrogen) atoms. The van der Waals surface area contributed by atoms with Crippen molar-refractivity contribution in [2.75, 3.05) is 5.73 Å². The Balaban J connectivity index is 2.50. The number of nitrogens with zero attached hydrogens (tertiary/aromatic N) is 2. The smallest absolute Gasteiger partial charge is 0.399 e. The molecule has 0 atom stereocenters. The van der Waals surface area contributed by atoms with Crippen LogP contribution < -0.4 is 5.73 Å². The number of benzene rings is 1. The number of alkyl halides is 6. The first kappa shape index (κ1) is 16.2. The second-order valence-corrected chi connectivity index (χ2v) is 4.70. The van der Waals surface area contributed by atoms with Gasteiger partial charge in [0.25, 0.3) is 0 Å². The van der Waals surface area contributed by atoms with Crippen molar-refractivity contribution >= 4 is 5.69 Å². The number of rotatable bonds is 2. The van der Waals surface area contributed by atoms with Gasteiger partial charge < -0.3 is 5.73 Å². The summed E-state index contributed by atoms with van der Waals surface area (Å²) >= 11 is 0. The molecule has 0 saturated heterocycles. The van der Waals surface area contributed by atoms with Gasteiger partial charge in [-0.25, -0.2) is 0 Å². The molecule has 1 aromatic heterocycles. The molecular formula is C13H11F6N3. The number of hydrogen-bond acceptors (Lipinski definition) is 2. The van der Waals surface area contributed by atoms with E-state index in [0.717, 1.165) is 0 Å². The minimum atomic E-state index is -4.95. The summed E-state index contributed by atoms with van der Waals surface area (Å²) in [6.07, 6.45) is -9.89. The van der Waals surface area contributed by atoms with Crippen molar-refractivity contribution in [1.29, 1.82) is 0 Å². The quantitative estimate of drug-likeness (QED) is 0.674. The molecule has 120 valence electrons. The average Bonchev–Trinajstić information content (AvgIpc) is 2.78. The van der Waals surface area contributed by atoms with Gasteiger partial charge in [-0.3, -0.25) is 4.68 Å². The Morgan fingerprint density at radius 2 is 1.73 bits per heavy atom. The summed E-state index contributed by atoms with van der Waals surface area (Å²) in [4.78, 5) is 0. The van der Waals surface area contributed by atoms with Crippen LogP contribution in [0.2, 0.25) is 0 Å². The average molecular weight is 323 g/mol. The van der Waals surface area contributed by atoms with Gasteiger partial charge >= 0.3 is 12.4 Å². The highest BCUT2D eigenvalue weighted by Crippen LogP contribution is 2.35. The fourth-order valence-electron chi connectivity index (χ4n) is 1.94. The van der Waals surface area contributed by atoms with Crippen LogP contribution in [0.3, 0.4) is 0 Å². The predicted octanol–water partition coefficient (Wildman–Crippen LogP) is 3.86. The predicted molar refractivity (Wildman–Crippen MR) is 66.9 cm³/mol. The lowest BCUT2D eigenvalue weighted by Crippen LogP contribution is -2.16. The lowest BCUT2D eigenvalue weighted by atomic mass is 10.1. The summed E-state index contributed by atoms with van der Waals surface area (Å²) in [6.45, 7) is 1.12. The van der Waals surface area contributed by atoms with Crippen LogP contribution in [0.1, 0.15) is 22.5 Å². The third-order valence-electron chi connectivity index (χ3n) is 3.17. The third kappa shape index (κ3) is 3.18. The molecule has 2 N–H and O–H groups in total. The molecule has 3 nitrogen and oxygen atoms in total. The lowest BCUT2D eigenvalue weighted by Gasteiger charge is -2.12. The van der Waals surface area contributed by atoms with Gasteiger partial charge in [-0.05, 0) is 24.1 Å². The van der Waals surface area contributed by atoms with Crippen molar-refractivity contribution in [3.63, 3.8) is 0 Å². The van der Waals surface area contributed by atoms with Crippen molar-refractivity contribution in [2.24, 2.45) is 0 Å². The van der Waals surface area contributed by atoms with Gasteiger partial charge in [0.15, 0.2) is 5.69 Å². The third-order valence-corrected chi connectivity index (χ3v) is 3.17. The Morgan fingerprint density at radius 1 is 1.09 bits per heavy atom. The van der Waals surface area contributed by atoms with E-state index in [1.807, 2.05) is 0 Å². The van der Waals surface area contributed by atoms with Crippen molar-refractivity contribution in [3.05, 3.63) is 46.8 Å². The number of halogens is 6. The van der Waals surface area contributed by atoms with E-state index in [2.05, 4.69) is 5.10 Å². The molecule has 0 saturated carbocycles. The largest absolute Gasteiger partial charge is 0.435 e. The zero-order valence-corrected chi connectivity index (χ0v) is 11.3. The van der Waals surface area contributed by atoms with Gasteiger partial charge in [0.05, 0.1) is 6.54 Å². The highest BCUT2D eigenvalue weighted by Gasteiger charge is 2.41. The molecule has 0 aliphatic carbocycles. The van der Waals surface area contributed by atoms with Crippen LogP contribution in [0.15, 0.2) is 24.3 Å². The van der Waals surface area contributed by atoms with Gasteiger partial charge in [0.2, 0.25) is 0 Å². The summed E-state index contributed by atoms with van der Waals surface area (Å²) in [7, 11) is 0. The molecule has 0 spiro atoms. The van der Waals surface area contributed by atoms with Gasteiger partial charge in [-0.15, -0.1) is 0 Å². The van der Waals surface area contributed by atoms with Gasteiger partial charge in [-0.1, -0.05) is 12.1 Å². The second kappa shape index (κ2) is 5.22. The number of nitrogen functional groups attached to an aromatic ring is 1. The van der Waals surface area contributed by atoms with E-state index in [4.69, 9.17) is 5.73 Å². The maximum atomic E-state index is 12.9. The van der Waals surface area contributed by atoms with Gasteiger partial charge in [-0.2, -0.15) is 31.4 Å². The molecule has 9 heteroatoms. The molecule has 1 heterocycles. The monoisotopic (exact) mass is 323 g/mol. The Hall–Kier alpha value is -2.19. The molecule has 0 bridgehead atoms. The van der Waals surface area contributed by atoms with E-state index in [1.54, 1.807) is 13.0 Å². The molecule has 0 amide bonds. The van der Waals surface area contributed by atoms with Crippen molar-refractivity contribution < 1.29 is 26.3 Å². The van der Waals surface area contributed by atoms with Crippen LogP contribution in [-0.2, 0) is 18.9 Å². The Labute approximate surface area is 121 Å². The minimum absolute atomic E-state index is 0.00162. The van der Waals surface area contributed by atoms with Crippen molar-refractivity contribution in [1.82, 2.24) is 9.78 Å². The Kier molecular flexibility index (Phi) is 3.84. The number of anilines is 1. The maximum Gasteiger partial charge on any atom is 0.435 e. The Bertz CT molecular complexity index is 684. The molecule has 0 radical (unpaired) electrons. The van der Waals surface area contributed by atoms with E-state index < -0.39 is 30.3 Å². The number of aromatic nitrogens is 2. The first-order valence-corrected chi connectivity index (χ1v) is 6.06. The number of hydrogen-bond donors (Lipinski definition) is 1. The maximum absolute atomic E-state index is 12.9. The molecule has 0 fully saturated rings. The SMILES string of the molecule is Cc1c(N)cccc1Cn1nc(C(F)(F)F)cc1C(F)(F)F. The summed E-state index contributed by atoms with van der Waals surface area (Å²) < 4.78 is 76.7. The molecule has 2 rings (SSSR count). The van der Waals surface area contributed by atoms with E-state index in [1.165, 1.54) is 12.1 Å². The fourth-order valence-corrected chi connectivity index (χ4v) is 1.94. The lowest BCUT2D eigenvalue weighted by molar-refractivity contribution is -0.144. The zero-order chi connectivity index (χ0) is 16.7. The summed E-state index contributed by atoms with van der Waals surface area (Å²) in [5.41, 5.74) is 3.81. The zero-order valence-electron chi connectivity index (χ0n) is 11.3. The first-order valence-electron chi connectivity index (χ1n) is 6.06. The minimum Gasteiger partial charge on any atom is -0.399 e. The van der Waals surface area contributed by atoms with Crippen molar-refractivity contribution in [3.8, 4) is 0 Å². The van der Waals surface area contributed by atoms with Gasteiger partial charge in [0.1, 0.15) is 5.69 Å². The molecule has 2 aromatic rings. The van der Waals surface area contributed by atoms with Crippen LogP contribution in [0.25, 0.3) is 0 Å². The van der Waals surface area contributed by atoms with Crippen molar-refractivity contribution in [2.45, 2.75) is 25.8 Å². The Morgan fingerprint density at radius 3 is 2.27 bits per heavy atom. The highest BCUT2D eigenvalue weighted by atomic mass is 19.4. The van der Waals surface area contributed by atoms with E-state index >= 15 is 0 Å². The normalized spacial score (nSPS) is 12.7. The second-order valence-electron chi connectivity index (χ2n) is 4.70. The van der Waals surface area contributed by atoms with E-state index in [9.17, 15) is 26.3 Å². The molecule has 1 aromatic carbocycles. The van der Waals surface area contributed by atoms with Crippen LogP contribution in [0.5, 0.6) is 0 Å².